The van der Waals surface area contributed by atoms with Crippen LogP contribution in [0.3, 0.4) is 0 Å². The van der Waals surface area contributed by atoms with Gasteiger partial charge < -0.3 is 5.32 Å². The summed E-state index contributed by atoms with van der Waals surface area (Å²) < 4.78 is 27.6. The number of thioether (sulfide) groups is 1. The van der Waals surface area contributed by atoms with E-state index in [1.165, 1.54) is 30.6 Å². The molecular weight excluding hydrogens is 312 g/mol. The first-order chi connectivity index (χ1) is 9.65. The molecule has 1 aliphatic carbocycles. The van der Waals surface area contributed by atoms with E-state index in [1.807, 2.05) is 17.1 Å². The zero-order chi connectivity index (χ0) is 14.0. The summed E-state index contributed by atoms with van der Waals surface area (Å²) in [5, 5.41) is 5.69. The Kier molecular flexibility index (Phi) is 4.72. The van der Waals surface area contributed by atoms with E-state index in [0.29, 0.717) is 29.3 Å². The fourth-order valence-corrected chi connectivity index (χ4v) is 6.09. The molecule has 1 saturated carbocycles. The molecule has 2 fully saturated rings. The van der Waals surface area contributed by atoms with Gasteiger partial charge >= 0.3 is 0 Å². The van der Waals surface area contributed by atoms with Crippen molar-refractivity contribution in [2.45, 2.75) is 48.4 Å². The molecule has 1 aliphatic heterocycles. The minimum atomic E-state index is -3.36. The highest BCUT2D eigenvalue weighted by Crippen LogP contribution is 2.27. The van der Waals surface area contributed by atoms with Crippen LogP contribution in [0.15, 0.2) is 16.3 Å². The summed E-state index contributed by atoms with van der Waals surface area (Å²) in [6.45, 7) is 1.22. The average molecular weight is 333 g/mol. The lowest BCUT2D eigenvalue weighted by Crippen LogP contribution is -2.30. The molecule has 1 saturated heterocycles. The summed E-state index contributed by atoms with van der Waals surface area (Å²) in [4.78, 5) is 1.38. The van der Waals surface area contributed by atoms with Crippen molar-refractivity contribution in [3.05, 3.63) is 16.3 Å². The summed E-state index contributed by atoms with van der Waals surface area (Å²) in [6, 6.07) is 2.31. The molecular formula is C13H20N2O2S3. The SMILES string of the molecule is O=S(=O)(NCC1CCCS1)c1ccsc1CNC1CC1. The number of nitrogens with one attached hydrogen (secondary N) is 2. The second kappa shape index (κ2) is 6.36. The first-order valence-electron chi connectivity index (χ1n) is 7.06. The topological polar surface area (TPSA) is 58.2 Å². The van der Waals surface area contributed by atoms with Crippen LogP contribution in [0.4, 0.5) is 0 Å². The third-order valence-electron chi connectivity index (χ3n) is 3.65. The van der Waals surface area contributed by atoms with Crippen molar-refractivity contribution in [1.82, 2.24) is 10.0 Å². The van der Waals surface area contributed by atoms with Crippen molar-refractivity contribution >= 4 is 33.1 Å². The smallest absolute Gasteiger partial charge is 0.241 e. The van der Waals surface area contributed by atoms with E-state index >= 15 is 0 Å². The Morgan fingerprint density at radius 3 is 2.85 bits per heavy atom. The van der Waals surface area contributed by atoms with Crippen LogP contribution in [0.2, 0.25) is 0 Å². The molecule has 2 heterocycles. The van der Waals surface area contributed by atoms with Gasteiger partial charge in [0.15, 0.2) is 0 Å². The van der Waals surface area contributed by atoms with Gasteiger partial charge in [0.1, 0.15) is 0 Å². The van der Waals surface area contributed by atoms with Crippen molar-refractivity contribution in [1.29, 1.82) is 0 Å². The van der Waals surface area contributed by atoms with E-state index < -0.39 is 10.0 Å². The Balaban J connectivity index is 1.61. The highest BCUT2D eigenvalue weighted by atomic mass is 32.2. The summed E-state index contributed by atoms with van der Waals surface area (Å²) >= 11 is 3.39. The zero-order valence-corrected chi connectivity index (χ0v) is 13.7. The molecule has 0 radical (unpaired) electrons. The fraction of sp³-hybridized carbons (Fsp3) is 0.692. The molecule has 1 aromatic rings. The Bertz CT molecular complexity index is 546. The largest absolute Gasteiger partial charge is 0.309 e. The minimum absolute atomic E-state index is 0.441. The molecule has 0 amide bonds. The Morgan fingerprint density at radius 1 is 1.30 bits per heavy atom. The summed E-state index contributed by atoms with van der Waals surface area (Å²) in [5.41, 5.74) is 0. The monoisotopic (exact) mass is 332 g/mol. The lowest BCUT2D eigenvalue weighted by molar-refractivity contribution is 0.577. The molecule has 2 N–H and O–H groups in total. The highest BCUT2D eigenvalue weighted by molar-refractivity contribution is 8.00. The fourth-order valence-electron chi connectivity index (χ4n) is 2.31. The number of thiophene rings is 1. The third kappa shape index (κ3) is 3.76. The zero-order valence-electron chi connectivity index (χ0n) is 11.3. The van der Waals surface area contributed by atoms with Crippen molar-refractivity contribution in [2.24, 2.45) is 0 Å². The number of rotatable bonds is 7. The summed E-state index contributed by atoms with van der Waals surface area (Å²) in [5.74, 6) is 1.15. The van der Waals surface area contributed by atoms with Gasteiger partial charge in [-0.25, -0.2) is 13.1 Å². The van der Waals surface area contributed by atoms with Gasteiger partial charge in [0.2, 0.25) is 10.0 Å². The maximum Gasteiger partial charge on any atom is 0.241 e. The molecule has 112 valence electrons. The van der Waals surface area contributed by atoms with Crippen LogP contribution >= 0.6 is 23.1 Å². The van der Waals surface area contributed by atoms with Gasteiger partial charge in [0.25, 0.3) is 0 Å². The first-order valence-corrected chi connectivity index (χ1v) is 10.5. The van der Waals surface area contributed by atoms with E-state index in [4.69, 9.17) is 0 Å². The molecule has 1 atom stereocenters. The predicted molar refractivity (Wildman–Crippen MR) is 84.8 cm³/mol. The van der Waals surface area contributed by atoms with Gasteiger partial charge in [-0.05, 0) is 42.9 Å². The second-order valence-corrected chi connectivity index (χ2v) is 9.49. The van der Waals surface area contributed by atoms with E-state index in [-0.39, 0.29) is 0 Å². The molecule has 1 unspecified atom stereocenters. The molecule has 3 rings (SSSR count). The van der Waals surface area contributed by atoms with Crippen LogP contribution in [-0.4, -0.2) is 32.0 Å². The van der Waals surface area contributed by atoms with Gasteiger partial charge in [-0.3, -0.25) is 0 Å². The van der Waals surface area contributed by atoms with Crippen LogP contribution in [0, 0.1) is 0 Å². The van der Waals surface area contributed by atoms with E-state index in [2.05, 4.69) is 10.0 Å². The average Bonchev–Trinajstić information content (AvgIpc) is 2.94. The van der Waals surface area contributed by atoms with Gasteiger partial charge in [-0.2, -0.15) is 11.8 Å². The van der Waals surface area contributed by atoms with Gasteiger partial charge in [0, 0.05) is 29.3 Å². The lowest BCUT2D eigenvalue weighted by atomic mass is 10.2. The molecule has 0 bridgehead atoms. The van der Waals surface area contributed by atoms with Crippen LogP contribution in [0.1, 0.15) is 30.6 Å². The van der Waals surface area contributed by atoms with Crippen LogP contribution in [-0.2, 0) is 16.6 Å². The minimum Gasteiger partial charge on any atom is -0.309 e. The van der Waals surface area contributed by atoms with Crippen molar-refractivity contribution in [3.8, 4) is 0 Å². The highest BCUT2D eigenvalue weighted by Gasteiger charge is 2.25. The van der Waals surface area contributed by atoms with Gasteiger partial charge in [-0.1, -0.05) is 0 Å². The summed E-state index contributed by atoms with van der Waals surface area (Å²) in [6.07, 6.45) is 4.74. The molecule has 1 aromatic heterocycles. The van der Waals surface area contributed by atoms with Gasteiger partial charge in [0.05, 0.1) is 4.90 Å². The Morgan fingerprint density at radius 2 is 2.15 bits per heavy atom. The molecule has 0 spiro atoms. The Hall–Kier alpha value is -0.0800. The number of hydrogen-bond acceptors (Lipinski definition) is 5. The quantitative estimate of drug-likeness (QED) is 0.803. The van der Waals surface area contributed by atoms with Gasteiger partial charge in [-0.15, -0.1) is 11.3 Å². The van der Waals surface area contributed by atoms with Crippen molar-refractivity contribution in [3.63, 3.8) is 0 Å². The molecule has 4 nitrogen and oxygen atoms in total. The van der Waals surface area contributed by atoms with Crippen LogP contribution in [0.25, 0.3) is 0 Å². The number of hydrogen-bond donors (Lipinski definition) is 2. The normalized spacial score (nSPS) is 23.3. The van der Waals surface area contributed by atoms with Crippen LogP contribution in [0.5, 0.6) is 0 Å². The number of sulfonamides is 1. The Labute approximate surface area is 128 Å². The first kappa shape index (κ1) is 14.8. The van der Waals surface area contributed by atoms with E-state index in [9.17, 15) is 8.42 Å². The second-order valence-electron chi connectivity index (χ2n) is 5.35. The summed E-state index contributed by atoms with van der Waals surface area (Å²) in [7, 11) is -3.36. The predicted octanol–water partition coefficient (Wildman–Crippen LogP) is 2.17. The van der Waals surface area contributed by atoms with Crippen molar-refractivity contribution in [2.75, 3.05) is 12.3 Å². The van der Waals surface area contributed by atoms with E-state index in [0.717, 1.165) is 17.1 Å². The molecule has 0 aromatic carbocycles. The molecule has 2 aliphatic rings. The molecule has 20 heavy (non-hydrogen) atoms. The molecule has 7 heteroatoms. The maximum atomic E-state index is 12.4. The van der Waals surface area contributed by atoms with Crippen molar-refractivity contribution < 1.29 is 8.42 Å². The van der Waals surface area contributed by atoms with E-state index in [1.54, 1.807) is 6.07 Å². The van der Waals surface area contributed by atoms with Crippen LogP contribution < -0.4 is 10.0 Å². The maximum absolute atomic E-state index is 12.4. The lowest BCUT2D eigenvalue weighted by Gasteiger charge is -2.11. The third-order valence-corrected chi connectivity index (χ3v) is 7.60. The standard InChI is InChI=1S/C13H20N2O2S3/c16-20(17,15-8-11-2-1-6-18-11)13-5-7-19-12(13)9-14-10-3-4-10/h5,7,10-11,14-15H,1-4,6,8-9H2.